The van der Waals surface area contributed by atoms with Gasteiger partial charge in [0, 0.05) is 39.3 Å². The fraction of sp³-hybridized carbons (Fsp3) is 0.632. The third kappa shape index (κ3) is 5.09. The lowest BCUT2D eigenvalue weighted by molar-refractivity contribution is -0.156. The zero-order chi connectivity index (χ0) is 20.4. The van der Waals surface area contributed by atoms with Gasteiger partial charge >= 0.3 is 0 Å². The smallest absolute Gasteiger partial charge is 0.227 e. The number of carbonyl (C=O) groups is 1. The number of piperidine rings is 1. The predicted molar refractivity (Wildman–Crippen MR) is 105 cm³/mol. The molecule has 0 spiro atoms. The Hall–Kier alpha value is -1.52. The maximum atomic E-state index is 12.7. The van der Waals surface area contributed by atoms with Crippen molar-refractivity contribution in [3.63, 3.8) is 0 Å². The average molecular weight is 412 g/mol. The number of aliphatic hydroxyl groups excluding tert-OH is 1. The number of benzene rings is 1. The lowest BCUT2D eigenvalue weighted by atomic mass is 9.88. The first-order chi connectivity index (χ1) is 13.2. The van der Waals surface area contributed by atoms with Gasteiger partial charge in [-0.2, -0.15) is 4.31 Å². The van der Waals surface area contributed by atoms with Gasteiger partial charge in [0.15, 0.2) is 0 Å². The van der Waals surface area contributed by atoms with Crippen molar-refractivity contribution >= 4 is 15.9 Å². The summed E-state index contributed by atoms with van der Waals surface area (Å²) in [4.78, 5) is 16.2. The zero-order valence-electron chi connectivity index (χ0n) is 16.2. The molecule has 1 aromatic rings. The maximum absolute atomic E-state index is 12.7. The van der Waals surface area contributed by atoms with Crippen LogP contribution >= 0.6 is 0 Å². The number of carbonyl (C=O) groups excluding carboxylic acids is 1. The Labute approximate surface area is 166 Å². The molecule has 2 atom stereocenters. The van der Waals surface area contributed by atoms with Gasteiger partial charge in [-0.25, -0.2) is 8.42 Å². The van der Waals surface area contributed by atoms with Crippen LogP contribution in [0.1, 0.15) is 12.0 Å². The van der Waals surface area contributed by atoms with Crippen LogP contribution in [0.5, 0.6) is 0 Å². The molecular weight excluding hydrogens is 382 g/mol. The fourth-order valence-corrected chi connectivity index (χ4v) is 4.75. The standard InChI is InChI=1S/C19H29N3O5S/c1-28(26,27)22-11-9-20(10-12-22)14-19(25)15-21(8-7-17(19)23)18(24)13-16-5-3-2-4-6-16/h2-6,17,23,25H,7-15H2,1H3/t17-,19+/m1/s1. The number of nitrogens with zero attached hydrogens (tertiary/aromatic N) is 3. The second-order valence-electron chi connectivity index (χ2n) is 7.82. The Bertz CT molecular complexity index is 780. The largest absolute Gasteiger partial charge is 0.390 e. The van der Waals surface area contributed by atoms with Gasteiger partial charge in [-0.05, 0) is 12.0 Å². The minimum atomic E-state index is -3.22. The van der Waals surface area contributed by atoms with Gasteiger partial charge in [0.05, 0.1) is 25.3 Å². The van der Waals surface area contributed by atoms with Gasteiger partial charge in [0.25, 0.3) is 0 Å². The monoisotopic (exact) mass is 411 g/mol. The maximum Gasteiger partial charge on any atom is 0.227 e. The highest BCUT2D eigenvalue weighted by Gasteiger charge is 2.44. The van der Waals surface area contributed by atoms with Crippen molar-refractivity contribution in [2.24, 2.45) is 0 Å². The summed E-state index contributed by atoms with van der Waals surface area (Å²) < 4.78 is 24.7. The van der Waals surface area contributed by atoms with E-state index in [0.29, 0.717) is 39.1 Å². The summed E-state index contributed by atoms with van der Waals surface area (Å²) in [5, 5.41) is 21.5. The van der Waals surface area contributed by atoms with Crippen molar-refractivity contribution in [2.45, 2.75) is 24.5 Å². The molecule has 2 aliphatic rings. The molecule has 156 valence electrons. The van der Waals surface area contributed by atoms with Crippen molar-refractivity contribution < 1.29 is 23.4 Å². The summed E-state index contributed by atoms with van der Waals surface area (Å²) in [6, 6.07) is 9.45. The number of rotatable bonds is 5. The third-order valence-electron chi connectivity index (χ3n) is 5.61. The fourth-order valence-electron chi connectivity index (χ4n) is 3.92. The number of aliphatic hydroxyl groups is 2. The molecule has 1 amide bonds. The first-order valence-electron chi connectivity index (χ1n) is 9.57. The lowest BCUT2D eigenvalue weighted by Crippen LogP contribution is -2.64. The molecule has 0 aromatic heterocycles. The van der Waals surface area contributed by atoms with Gasteiger partial charge in [-0.3, -0.25) is 9.69 Å². The van der Waals surface area contributed by atoms with E-state index < -0.39 is 21.7 Å². The minimum Gasteiger partial charge on any atom is -0.390 e. The molecule has 0 unspecified atom stereocenters. The van der Waals surface area contributed by atoms with Gasteiger partial charge in [0.2, 0.25) is 15.9 Å². The van der Waals surface area contributed by atoms with E-state index in [-0.39, 0.29) is 25.4 Å². The molecule has 8 nitrogen and oxygen atoms in total. The van der Waals surface area contributed by atoms with Crippen LogP contribution in [0.4, 0.5) is 0 Å². The van der Waals surface area contributed by atoms with E-state index in [9.17, 15) is 23.4 Å². The van der Waals surface area contributed by atoms with E-state index in [4.69, 9.17) is 0 Å². The summed E-state index contributed by atoms with van der Waals surface area (Å²) in [7, 11) is -3.22. The molecule has 0 bridgehead atoms. The highest BCUT2D eigenvalue weighted by Crippen LogP contribution is 2.24. The van der Waals surface area contributed by atoms with Crippen LogP contribution in [0.25, 0.3) is 0 Å². The molecule has 2 aliphatic heterocycles. The van der Waals surface area contributed by atoms with Crippen molar-refractivity contribution in [2.75, 3.05) is 52.1 Å². The van der Waals surface area contributed by atoms with E-state index in [1.807, 2.05) is 35.2 Å². The highest BCUT2D eigenvalue weighted by atomic mass is 32.2. The van der Waals surface area contributed by atoms with E-state index in [1.54, 1.807) is 4.90 Å². The van der Waals surface area contributed by atoms with Gasteiger partial charge < -0.3 is 15.1 Å². The molecule has 3 rings (SSSR count). The van der Waals surface area contributed by atoms with E-state index >= 15 is 0 Å². The predicted octanol–water partition coefficient (Wildman–Crippen LogP) is -0.869. The summed E-state index contributed by atoms with van der Waals surface area (Å²) in [6.45, 7) is 2.40. The molecule has 2 fully saturated rings. The number of β-amino-alcohol motifs (C(OH)–C–C–N with tert-alkyl or cyclic N) is 1. The summed E-state index contributed by atoms with van der Waals surface area (Å²) in [6.07, 6.45) is 0.860. The molecule has 2 saturated heterocycles. The quantitative estimate of drug-likeness (QED) is 0.653. The first-order valence-corrected chi connectivity index (χ1v) is 11.4. The van der Waals surface area contributed by atoms with Crippen LogP contribution in [0.15, 0.2) is 30.3 Å². The molecule has 1 aromatic carbocycles. The van der Waals surface area contributed by atoms with Crippen LogP contribution in [-0.4, -0.2) is 102 Å². The summed E-state index contributed by atoms with van der Waals surface area (Å²) in [5.41, 5.74) is -0.503. The number of piperazine rings is 1. The number of sulfonamides is 1. The number of hydrogen-bond donors (Lipinski definition) is 2. The van der Waals surface area contributed by atoms with Crippen molar-refractivity contribution in [1.29, 1.82) is 0 Å². The Morgan fingerprint density at radius 1 is 1.14 bits per heavy atom. The minimum absolute atomic E-state index is 0.0709. The van der Waals surface area contributed by atoms with E-state index in [0.717, 1.165) is 5.56 Å². The number of hydrogen-bond acceptors (Lipinski definition) is 6. The Kier molecular flexibility index (Phi) is 6.41. The average Bonchev–Trinajstić information content (AvgIpc) is 2.64. The normalized spacial score (nSPS) is 27.7. The van der Waals surface area contributed by atoms with Crippen molar-refractivity contribution in [1.82, 2.24) is 14.1 Å². The first kappa shape index (κ1) is 21.2. The van der Waals surface area contributed by atoms with Crippen LogP contribution in [0.3, 0.4) is 0 Å². The molecule has 28 heavy (non-hydrogen) atoms. The molecule has 2 N–H and O–H groups in total. The highest BCUT2D eigenvalue weighted by molar-refractivity contribution is 7.88. The number of likely N-dealkylation sites (tertiary alicyclic amines) is 1. The lowest BCUT2D eigenvalue weighted by Gasteiger charge is -2.46. The van der Waals surface area contributed by atoms with Crippen LogP contribution in [0, 0.1) is 0 Å². The van der Waals surface area contributed by atoms with Crippen LogP contribution in [-0.2, 0) is 21.2 Å². The van der Waals surface area contributed by atoms with E-state index in [1.165, 1.54) is 10.6 Å². The number of amides is 1. The second kappa shape index (κ2) is 8.46. The SMILES string of the molecule is CS(=O)(=O)N1CCN(C[C@]2(O)CN(C(=O)Cc3ccccc3)CC[C@H]2O)CC1. The Morgan fingerprint density at radius 3 is 2.39 bits per heavy atom. The molecular formula is C19H29N3O5S. The second-order valence-corrected chi connectivity index (χ2v) is 9.81. The van der Waals surface area contributed by atoms with Crippen molar-refractivity contribution in [3.8, 4) is 0 Å². The summed E-state index contributed by atoms with van der Waals surface area (Å²) in [5.74, 6) is -0.0709. The summed E-state index contributed by atoms with van der Waals surface area (Å²) >= 11 is 0. The van der Waals surface area contributed by atoms with Crippen molar-refractivity contribution in [3.05, 3.63) is 35.9 Å². The van der Waals surface area contributed by atoms with Crippen LogP contribution < -0.4 is 0 Å². The third-order valence-corrected chi connectivity index (χ3v) is 6.91. The van der Waals surface area contributed by atoms with Crippen LogP contribution in [0.2, 0.25) is 0 Å². The molecule has 2 heterocycles. The molecule has 0 saturated carbocycles. The van der Waals surface area contributed by atoms with E-state index in [2.05, 4.69) is 0 Å². The molecule has 0 radical (unpaired) electrons. The Balaban J connectivity index is 1.59. The zero-order valence-corrected chi connectivity index (χ0v) is 17.0. The Morgan fingerprint density at radius 2 is 1.79 bits per heavy atom. The van der Waals surface area contributed by atoms with Gasteiger partial charge in [0.1, 0.15) is 5.60 Å². The molecule has 9 heteroatoms. The molecule has 0 aliphatic carbocycles. The topological polar surface area (TPSA) is 101 Å². The van der Waals surface area contributed by atoms with Gasteiger partial charge in [-0.1, -0.05) is 30.3 Å². The van der Waals surface area contributed by atoms with Gasteiger partial charge in [-0.15, -0.1) is 0 Å².